The first-order chi connectivity index (χ1) is 15.0. The van der Waals surface area contributed by atoms with Crippen LogP contribution in [0, 0.1) is 11.2 Å². The van der Waals surface area contributed by atoms with Gasteiger partial charge in [0.1, 0.15) is 5.82 Å². The first-order valence-electron chi connectivity index (χ1n) is 11.0. The number of aliphatic imine (C=N–C) groups is 1. The Kier molecular flexibility index (Phi) is 10.9. The van der Waals surface area contributed by atoms with Gasteiger partial charge in [-0.25, -0.2) is 4.39 Å². The zero-order chi connectivity index (χ0) is 22.1. The predicted octanol–water partition coefficient (Wildman–Crippen LogP) is 1.44. The van der Waals surface area contributed by atoms with Crippen molar-refractivity contribution in [3.63, 3.8) is 0 Å². The normalized spacial score (nSPS) is 21.3. The lowest BCUT2D eigenvalue weighted by molar-refractivity contribution is -0.131. The molecule has 0 spiro atoms. The predicted molar refractivity (Wildman–Crippen MR) is 134 cm³/mol. The van der Waals surface area contributed by atoms with Crippen LogP contribution in [0.3, 0.4) is 0 Å². The number of piperazine rings is 1. The summed E-state index contributed by atoms with van der Waals surface area (Å²) in [5, 5.41) is 15.9. The monoisotopic (exact) mass is 563 g/mol. The number of rotatable bonds is 8. The summed E-state index contributed by atoms with van der Waals surface area (Å²) in [6, 6.07) is 6.48. The van der Waals surface area contributed by atoms with Crippen molar-refractivity contribution in [2.45, 2.75) is 19.3 Å². The highest BCUT2D eigenvalue weighted by atomic mass is 127. The van der Waals surface area contributed by atoms with E-state index >= 15 is 0 Å². The number of nitrogens with zero attached hydrogens (tertiary/aromatic N) is 3. The molecular weight excluding hydrogens is 528 g/mol. The molecular formula is C22H35FIN5O3. The van der Waals surface area contributed by atoms with Crippen molar-refractivity contribution >= 4 is 41.5 Å². The number of hydrogen-bond donors (Lipinski definition) is 3. The minimum absolute atomic E-state index is 0. The second kappa shape index (κ2) is 13.1. The lowest BCUT2D eigenvalue weighted by Crippen LogP contribution is -2.49. The van der Waals surface area contributed by atoms with Crippen LogP contribution < -0.4 is 15.5 Å². The van der Waals surface area contributed by atoms with Gasteiger partial charge in [0.25, 0.3) is 0 Å². The molecule has 180 valence electrons. The molecule has 0 radical (unpaired) electrons. The zero-order valence-corrected chi connectivity index (χ0v) is 21.0. The fourth-order valence-corrected chi connectivity index (χ4v) is 4.12. The highest BCUT2D eigenvalue weighted by Crippen LogP contribution is 2.31. The molecule has 2 saturated heterocycles. The Labute approximate surface area is 206 Å². The molecule has 0 bridgehead atoms. The fourth-order valence-electron chi connectivity index (χ4n) is 4.12. The molecule has 1 aromatic carbocycles. The number of ether oxygens (including phenoxy) is 1. The molecule has 3 N–H and O–H groups in total. The first kappa shape index (κ1) is 26.6. The molecule has 1 atom stereocenters. The van der Waals surface area contributed by atoms with Crippen molar-refractivity contribution in [1.82, 2.24) is 15.5 Å². The van der Waals surface area contributed by atoms with Crippen molar-refractivity contribution in [1.29, 1.82) is 0 Å². The summed E-state index contributed by atoms with van der Waals surface area (Å²) in [7, 11) is 1.70. The van der Waals surface area contributed by atoms with E-state index in [0.717, 1.165) is 31.8 Å². The minimum atomic E-state index is -0.241. The highest BCUT2D eigenvalue weighted by molar-refractivity contribution is 14.0. The van der Waals surface area contributed by atoms with E-state index in [4.69, 9.17) is 4.74 Å². The molecule has 0 aliphatic carbocycles. The van der Waals surface area contributed by atoms with Crippen molar-refractivity contribution in [2.24, 2.45) is 10.4 Å². The van der Waals surface area contributed by atoms with Gasteiger partial charge in [0.05, 0.1) is 6.61 Å². The van der Waals surface area contributed by atoms with Gasteiger partial charge < -0.3 is 30.3 Å². The summed E-state index contributed by atoms with van der Waals surface area (Å²) < 4.78 is 18.6. The van der Waals surface area contributed by atoms with E-state index in [1.807, 2.05) is 4.90 Å². The van der Waals surface area contributed by atoms with E-state index in [1.165, 1.54) is 12.1 Å². The van der Waals surface area contributed by atoms with Gasteiger partial charge >= 0.3 is 0 Å². The van der Waals surface area contributed by atoms with E-state index < -0.39 is 0 Å². The second-order valence-corrected chi connectivity index (χ2v) is 8.22. The van der Waals surface area contributed by atoms with Gasteiger partial charge in [0.2, 0.25) is 5.91 Å². The van der Waals surface area contributed by atoms with Crippen LogP contribution in [0.1, 0.15) is 19.3 Å². The maximum Gasteiger partial charge on any atom is 0.224 e. The van der Waals surface area contributed by atoms with Crippen molar-refractivity contribution in [3.05, 3.63) is 30.1 Å². The summed E-state index contributed by atoms with van der Waals surface area (Å²) in [5.74, 6) is 0.524. The van der Waals surface area contributed by atoms with E-state index in [-0.39, 0.29) is 47.7 Å². The van der Waals surface area contributed by atoms with Gasteiger partial charge in [-0.3, -0.25) is 9.79 Å². The Balaban J connectivity index is 0.00000363. The van der Waals surface area contributed by atoms with Crippen LogP contribution in [-0.4, -0.2) is 88.0 Å². The maximum absolute atomic E-state index is 13.1. The quantitative estimate of drug-likeness (QED) is 0.252. The highest BCUT2D eigenvalue weighted by Gasteiger charge is 2.34. The number of amides is 1. The van der Waals surface area contributed by atoms with Gasteiger partial charge in [-0.2, -0.15) is 0 Å². The number of nitrogens with one attached hydrogen (secondary N) is 2. The zero-order valence-electron chi connectivity index (χ0n) is 18.7. The number of aliphatic hydroxyl groups excluding tert-OH is 1. The lowest BCUT2D eigenvalue weighted by Gasteiger charge is -2.36. The first-order valence-corrected chi connectivity index (χ1v) is 11.0. The standard InChI is InChI=1S/C22H34FN5O3.HI/c1-24-21(26-16-22(7-14-29)8-15-31-17-22)25-9-6-20(30)28-12-10-27(11-13-28)19-4-2-18(23)3-5-19;/h2-5,29H,6-17H2,1H3,(H2,24,25,26);1H. The minimum Gasteiger partial charge on any atom is -0.396 e. The molecule has 1 aromatic rings. The largest absolute Gasteiger partial charge is 0.396 e. The van der Waals surface area contributed by atoms with Crippen molar-refractivity contribution in [2.75, 3.05) is 71.0 Å². The van der Waals surface area contributed by atoms with E-state index in [2.05, 4.69) is 20.5 Å². The molecule has 1 amide bonds. The number of carbonyl (C=O) groups excluding carboxylic acids is 1. The van der Waals surface area contributed by atoms with Crippen LogP contribution in [-0.2, 0) is 9.53 Å². The van der Waals surface area contributed by atoms with E-state index in [1.54, 1.807) is 19.2 Å². The second-order valence-electron chi connectivity index (χ2n) is 8.22. The lowest BCUT2D eigenvalue weighted by atomic mass is 9.84. The van der Waals surface area contributed by atoms with E-state index in [9.17, 15) is 14.3 Å². The molecule has 10 heteroatoms. The summed E-state index contributed by atoms with van der Waals surface area (Å²) in [5.41, 5.74) is 0.920. The third-order valence-electron chi connectivity index (χ3n) is 6.14. The van der Waals surface area contributed by atoms with Crippen LogP contribution in [0.15, 0.2) is 29.3 Å². The molecule has 2 fully saturated rings. The molecule has 2 aliphatic heterocycles. The Morgan fingerprint density at radius 1 is 1.22 bits per heavy atom. The van der Waals surface area contributed by atoms with Crippen LogP contribution in [0.5, 0.6) is 0 Å². The molecule has 1 unspecified atom stereocenters. The smallest absolute Gasteiger partial charge is 0.224 e. The Morgan fingerprint density at radius 3 is 2.53 bits per heavy atom. The van der Waals surface area contributed by atoms with Crippen LogP contribution >= 0.6 is 24.0 Å². The van der Waals surface area contributed by atoms with Gasteiger partial charge in [0.15, 0.2) is 5.96 Å². The van der Waals surface area contributed by atoms with Gasteiger partial charge in [-0.05, 0) is 37.1 Å². The summed E-state index contributed by atoms with van der Waals surface area (Å²) >= 11 is 0. The van der Waals surface area contributed by atoms with Crippen LogP contribution in [0.2, 0.25) is 0 Å². The van der Waals surface area contributed by atoms with E-state index in [0.29, 0.717) is 51.6 Å². The summed E-state index contributed by atoms with van der Waals surface area (Å²) in [4.78, 5) is 20.9. The Bertz CT molecular complexity index is 736. The Hall–Kier alpha value is -1.66. The van der Waals surface area contributed by atoms with Crippen LogP contribution in [0.4, 0.5) is 10.1 Å². The number of aliphatic hydroxyl groups is 1. The molecule has 0 saturated carbocycles. The fraction of sp³-hybridized carbons (Fsp3) is 0.636. The van der Waals surface area contributed by atoms with Crippen molar-refractivity contribution < 1.29 is 19.0 Å². The summed E-state index contributed by atoms with van der Waals surface area (Å²) in [6.45, 7) is 5.47. The number of carbonyl (C=O) groups is 1. The number of anilines is 1. The molecule has 8 nitrogen and oxygen atoms in total. The van der Waals surface area contributed by atoms with Gasteiger partial charge in [-0.15, -0.1) is 24.0 Å². The number of guanidine groups is 1. The van der Waals surface area contributed by atoms with Crippen LogP contribution in [0.25, 0.3) is 0 Å². The summed E-state index contributed by atoms with van der Waals surface area (Å²) in [6.07, 6.45) is 2.00. The maximum atomic E-state index is 13.1. The molecule has 32 heavy (non-hydrogen) atoms. The number of halogens is 2. The topological polar surface area (TPSA) is 89.4 Å². The molecule has 3 rings (SSSR count). The van der Waals surface area contributed by atoms with Crippen molar-refractivity contribution in [3.8, 4) is 0 Å². The number of benzene rings is 1. The average Bonchev–Trinajstić information content (AvgIpc) is 3.25. The molecule has 2 heterocycles. The average molecular weight is 563 g/mol. The van der Waals surface area contributed by atoms with Gasteiger partial charge in [0, 0.05) is 77.1 Å². The molecule has 0 aromatic heterocycles. The Morgan fingerprint density at radius 2 is 1.94 bits per heavy atom. The van der Waals surface area contributed by atoms with Gasteiger partial charge in [-0.1, -0.05) is 0 Å². The number of hydrogen-bond acceptors (Lipinski definition) is 5. The third kappa shape index (κ3) is 7.45. The SMILES string of the molecule is CN=C(NCCC(=O)N1CCN(c2ccc(F)cc2)CC1)NCC1(CCO)CCOC1.I. The molecule has 2 aliphatic rings. The third-order valence-corrected chi connectivity index (χ3v) is 6.14.